The fourth-order valence-electron chi connectivity index (χ4n) is 3.90. The van der Waals surface area contributed by atoms with Gasteiger partial charge >= 0.3 is 0 Å². The molecule has 0 unspecified atom stereocenters. The number of amides is 1. The lowest BCUT2D eigenvalue weighted by Crippen LogP contribution is -2.34. The van der Waals surface area contributed by atoms with Gasteiger partial charge in [-0.1, -0.05) is 0 Å². The van der Waals surface area contributed by atoms with Crippen molar-refractivity contribution in [2.24, 2.45) is 0 Å². The first-order chi connectivity index (χ1) is 15.5. The SMILES string of the molecule is CNc1cc(Nc2cccn(C3CCNCC3)c2=O)nc2c(C(=O)NC3=C[C@@H]3F)cnn12. The van der Waals surface area contributed by atoms with Gasteiger partial charge in [-0.15, -0.1) is 0 Å². The normalized spacial score (nSPS) is 18.3. The van der Waals surface area contributed by atoms with Crippen molar-refractivity contribution in [1.29, 1.82) is 0 Å². The first-order valence-corrected chi connectivity index (χ1v) is 10.5. The Bertz CT molecular complexity index is 1270. The third-order valence-electron chi connectivity index (χ3n) is 5.68. The molecule has 4 N–H and O–H groups in total. The minimum Gasteiger partial charge on any atom is -0.373 e. The van der Waals surface area contributed by atoms with E-state index < -0.39 is 12.1 Å². The van der Waals surface area contributed by atoms with Crippen molar-refractivity contribution in [2.45, 2.75) is 25.1 Å². The number of pyridine rings is 1. The molecule has 0 saturated carbocycles. The molecular formula is C21H23FN8O2. The van der Waals surface area contributed by atoms with Crippen LogP contribution in [0.5, 0.6) is 0 Å². The molecule has 1 amide bonds. The molecule has 3 aromatic rings. The minimum atomic E-state index is -1.21. The molecule has 5 rings (SSSR count). The number of nitrogens with one attached hydrogen (secondary N) is 4. The number of nitrogens with zero attached hydrogens (tertiary/aromatic N) is 4. The third kappa shape index (κ3) is 3.71. The summed E-state index contributed by atoms with van der Waals surface area (Å²) in [6.07, 6.45) is 5.07. The molecule has 2 aliphatic rings. The molecule has 3 aromatic heterocycles. The van der Waals surface area contributed by atoms with E-state index in [0.717, 1.165) is 25.9 Å². The Morgan fingerprint density at radius 3 is 2.81 bits per heavy atom. The Hall–Kier alpha value is -3.73. The molecule has 0 bridgehead atoms. The Labute approximate surface area is 182 Å². The zero-order chi connectivity index (χ0) is 22.2. The Balaban J connectivity index is 1.48. The summed E-state index contributed by atoms with van der Waals surface area (Å²) in [5.41, 5.74) is 0.973. The third-order valence-corrected chi connectivity index (χ3v) is 5.68. The van der Waals surface area contributed by atoms with Crippen LogP contribution in [0.4, 0.5) is 21.7 Å². The van der Waals surface area contributed by atoms with Crippen molar-refractivity contribution in [3.8, 4) is 0 Å². The number of hydrogen-bond donors (Lipinski definition) is 4. The summed E-state index contributed by atoms with van der Waals surface area (Å²) < 4.78 is 16.4. The van der Waals surface area contributed by atoms with Crippen LogP contribution >= 0.6 is 0 Å². The second-order valence-electron chi connectivity index (χ2n) is 7.79. The number of hydrogen-bond acceptors (Lipinski definition) is 7. The molecule has 32 heavy (non-hydrogen) atoms. The van der Waals surface area contributed by atoms with Crippen LogP contribution in [0, 0.1) is 0 Å². The van der Waals surface area contributed by atoms with Crippen LogP contribution in [0.3, 0.4) is 0 Å². The first kappa shape index (κ1) is 20.2. The number of halogens is 1. The van der Waals surface area contributed by atoms with Crippen molar-refractivity contribution >= 4 is 28.9 Å². The predicted molar refractivity (Wildman–Crippen MR) is 118 cm³/mol. The second-order valence-corrected chi connectivity index (χ2v) is 7.79. The lowest BCUT2D eigenvalue weighted by Gasteiger charge is -2.25. The van der Waals surface area contributed by atoms with E-state index >= 15 is 0 Å². The Morgan fingerprint density at radius 2 is 2.09 bits per heavy atom. The largest absolute Gasteiger partial charge is 0.373 e. The molecule has 166 valence electrons. The first-order valence-electron chi connectivity index (χ1n) is 10.5. The van der Waals surface area contributed by atoms with Gasteiger partial charge in [0.05, 0.1) is 11.9 Å². The van der Waals surface area contributed by atoms with Crippen molar-refractivity contribution in [3.05, 3.63) is 58.3 Å². The number of anilines is 3. The summed E-state index contributed by atoms with van der Waals surface area (Å²) in [5.74, 6) is 0.455. The van der Waals surface area contributed by atoms with Gasteiger partial charge in [-0.2, -0.15) is 9.61 Å². The van der Waals surface area contributed by atoms with Crippen molar-refractivity contribution in [2.75, 3.05) is 30.8 Å². The van der Waals surface area contributed by atoms with Gasteiger partial charge in [-0.3, -0.25) is 9.59 Å². The van der Waals surface area contributed by atoms with Crippen molar-refractivity contribution in [1.82, 2.24) is 29.8 Å². The predicted octanol–water partition coefficient (Wildman–Crippen LogP) is 1.57. The van der Waals surface area contributed by atoms with E-state index in [1.165, 1.54) is 16.8 Å². The minimum absolute atomic E-state index is 0.131. The summed E-state index contributed by atoms with van der Waals surface area (Å²) in [4.78, 5) is 30.1. The highest BCUT2D eigenvalue weighted by Crippen LogP contribution is 2.24. The van der Waals surface area contributed by atoms with Crippen molar-refractivity contribution < 1.29 is 9.18 Å². The fraction of sp³-hybridized carbons (Fsp3) is 0.333. The number of piperidine rings is 1. The second kappa shape index (κ2) is 8.08. The molecule has 11 heteroatoms. The highest BCUT2D eigenvalue weighted by Gasteiger charge is 2.28. The quantitative estimate of drug-likeness (QED) is 0.461. The molecule has 10 nitrogen and oxygen atoms in total. The van der Waals surface area contributed by atoms with Crippen LogP contribution < -0.4 is 26.8 Å². The smallest absolute Gasteiger partial charge is 0.274 e. The number of rotatable bonds is 6. The summed E-state index contributed by atoms with van der Waals surface area (Å²) in [6.45, 7) is 1.76. The van der Waals surface area contributed by atoms with E-state index in [1.807, 2.05) is 12.3 Å². The monoisotopic (exact) mass is 438 g/mol. The van der Waals surface area contributed by atoms with E-state index in [1.54, 1.807) is 23.7 Å². The summed E-state index contributed by atoms with van der Waals surface area (Å²) in [6, 6.07) is 5.38. The van der Waals surface area contributed by atoms with E-state index in [-0.39, 0.29) is 28.5 Å². The van der Waals surface area contributed by atoms with Crippen LogP contribution in [0.25, 0.3) is 5.65 Å². The van der Waals surface area contributed by atoms with Crippen LogP contribution in [-0.4, -0.2) is 51.4 Å². The molecule has 1 fully saturated rings. The molecular weight excluding hydrogens is 415 g/mol. The number of allylic oxidation sites excluding steroid dienone is 2. The Morgan fingerprint density at radius 1 is 1.31 bits per heavy atom. The van der Waals surface area contributed by atoms with Gasteiger partial charge in [0.15, 0.2) is 11.8 Å². The van der Waals surface area contributed by atoms with E-state index in [9.17, 15) is 14.0 Å². The van der Waals surface area contributed by atoms with Gasteiger partial charge in [0.1, 0.15) is 22.9 Å². The van der Waals surface area contributed by atoms with Crippen molar-refractivity contribution in [3.63, 3.8) is 0 Å². The standard InChI is InChI=1S/C21H23FN8O2/c1-23-18-10-17(26-15-3-2-8-29(21(15)32)12-4-6-24-7-5-12)28-19-13(11-25-30(18)19)20(31)27-16-9-14(16)22/h2-3,8-12,14,23-24H,4-7H2,1H3,(H,26,28)(H,27,31)/t14-/m0/s1. The molecule has 0 spiro atoms. The molecule has 0 aromatic carbocycles. The van der Waals surface area contributed by atoms with Gasteiger partial charge < -0.3 is 25.8 Å². The Kier molecular flexibility index (Phi) is 5.10. The molecule has 1 aliphatic heterocycles. The van der Waals surface area contributed by atoms with Gasteiger partial charge in [0, 0.05) is 25.4 Å². The molecule has 0 radical (unpaired) electrons. The zero-order valence-corrected chi connectivity index (χ0v) is 17.4. The van der Waals surface area contributed by atoms with Crippen LogP contribution in [0.2, 0.25) is 0 Å². The van der Waals surface area contributed by atoms with Gasteiger partial charge in [-0.05, 0) is 44.1 Å². The van der Waals surface area contributed by atoms with E-state index in [2.05, 4.69) is 31.3 Å². The van der Waals surface area contributed by atoms with Crippen LogP contribution in [0.1, 0.15) is 29.2 Å². The lowest BCUT2D eigenvalue weighted by molar-refractivity contribution is 0.0966. The molecule has 1 saturated heterocycles. The number of carbonyl (C=O) groups excluding carboxylic acids is 1. The van der Waals surface area contributed by atoms with Gasteiger partial charge in [-0.25, -0.2) is 9.37 Å². The van der Waals surface area contributed by atoms with E-state index in [4.69, 9.17) is 0 Å². The number of aromatic nitrogens is 4. The number of fused-ring (bicyclic) bond motifs is 1. The summed E-state index contributed by atoms with van der Waals surface area (Å²) in [7, 11) is 1.72. The van der Waals surface area contributed by atoms with Crippen LogP contribution in [-0.2, 0) is 0 Å². The lowest BCUT2D eigenvalue weighted by atomic mass is 10.1. The zero-order valence-electron chi connectivity index (χ0n) is 17.4. The highest BCUT2D eigenvalue weighted by atomic mass is 19.1. The maximum Gasteiger partial charge on any atom is 0.274 e. The van der Waals surface area contributed by atoms with Crippen LogP contribution in [0.15, 0.2) is 47.2 Å². The molecule has 1 aliphatic carbocycles. The van der Waals surface area contributed by atoms with Gasteiger partial charge in [0.2, 0.25) is 0 Å². The number of carbonyl (C=O) groups is 1. The van der Waals surface area contributed by atoms with E-state index in [0.29, 0.717) is 17.3 Å². The van der Waals surface area contributed by atoms with Gasteiger partial charge in [0.25, 0.3) is 11.5 Å². The molecule has 1 atom stereocenters. The summed E-state index contributed by atoms with van der Waals surface area (Å²) in [5, 5.41) is 16.1. The summed E-state index contributed by atoms with van der Waals surface area (Å²) >= 11 is 0. The average Bonchev–Trinajstić information content (AvgIpc) is 3.32. The number of alkyl halides is 1. The highest BCUT2D eigenvalue weighted by molar-refractivity contribution is 6.01. The maximum absolute atomic E-state index is 13.1. The fourth-order valence-corrected chi connectivity index (χ4v) is 3.90. The maximum atomic E-state index is 13.1. The molecule has 4 heterocycles. The average molecular weight is 438 g/mol. The topological polar surface area (TPSA) is 117 Å².